The van der Waals surface area contributed by atoms with Gasteiger partial charge in [0.25, 0.3) is 0 Å². The highest BCUT2D eigenvalue weighted by Crippen LogP contribution is 2.04. The number of aromatic nitrogens is 2. The van der Waals surface area contributed by atoms with E-state index in [0.29, 0.717) is 22.6 Å². The van der Waals surface area contributed by atoms with Crippen molar-refractivity contribution in [2.45, 2.75) is 0 Å². The van der Waals surface area contributed by atoms with Crippen molar-refractivity contribution in [1.82, 2.24) is 20.7 Å². The molecule has 0 aliphatic carbocycles. The van der Waals surface area contributed by atoms with Crippen molar-refractivity contribution < 1.29 is 0 Å². The van der Waals surface area contributed by atoms with E-state index in [9.17, 15) is 0 Å². The number of thiocarbonyl (C=S) groups is 1. The molecule has 1 rings (SSSR count). The van der Waals surface area contributed by atoms with Gasteiger partial charge in [0, 0.05) is 6.54 Å². The molecule has 0 saturated carbocycles. The number of halogens is 1. The minimum absolute atomic E-state index is 0.391. The van der Waals surface area contributed by atoms with Crippen molar-refractivity contribution in [3.05, 3.63) is 30.1 Å². The molecule has 0 aromatic carbocycles. The predicted molar refractivity (Wildman–Crippen MR) is 64.6 cm³/mol. The van der Waals surface area contributed by atoms with Crippen molar-refractivity contribution in [2.75, 3.05) is 12.0 Å². The Hall–Kier alpha value is -1.40. The molecule has 1 heterocycles. The molecule has 0 spiro atoms. The van der Waals surface area contributed by atoms with Gasteiger partial charge in [-0.25, -0.2) is 9.97 Å². The Labute approximate surface area is 97.9 Å². The Morgan fingerprint density at radius 1 is 1.53 bits per heavy atom. The second kappa shape index (κ2) is 6.15. The first-order valence-corrected chi connectivity index (χ1v) is 4.89. The summed E-state index contributed by atoms with van der Waals surface area (Å²) < 4.78 is 0. The lowest BCUT2D eigenvalue weighted by molar-refractivity contribution is 0.956. The van der Waals surface area contributed by atoms with Gasteiger partial charge in [-0.1, -0.05) is 17.7 Å². The fourth-order valence-electron chi connectivity index (χ4n) is 0.699. The van der Waals surface area contributed by atoms with Gasteiger partial charge in [-0.15, -0.1) is 6.58 Å². The van der Waals surface area contributed by atoms with E-state index in [1.807, 2.05) is 0 Å². The number of hydrazine groups is 1. The molecule has 0 atom stereocenters. The van der Waals surface area contributed by atoms with E-state index < -0.39 is 0 Å². The lowest BCUT2D eigenvalue weighted by atomic mass is 10.6. The lowest BCUT2D eigenvalue weighted by Gasteiger charge is -2.09. The SMILES string of the molecule is C=CCNC(=S)NNc1ncc(Cl)cn1. The molecule has 80 valence electrons. The molecule has 0 aliphatic heterocycles. The minimum atomic E-state index is 0.391. The number of hydrogen-bond donors (Lipinski definition) is 3. The largest absolute Gasteiger partial charge is 0.358 e. The van der Waals surface area contributed by atoms with Crippen molar-refractivity contribution >= 4 is 34.9 Å². The molecule has 7 heteroatoms. The number of hydrogen-bond acceptors (Lipinski definition) is 4. The third kappa shape index (κ3) is 4.57. The van der Waals surface area contributed by atoms with Gasteiger partial charge in [-0.3, -0.25) is 10.9 Å². The van der Waals surface area contributed by atoms with Crippen LogP contribution in [0.1, 0.15) is 0 Å². The van der Waals surface area contributed by atoms with Crippen LogP contribution in [0.2, 0.25) is 5.02 Å². The average molecular weight is 244 g/mol. The molecule has 15 heavy (non-hydrogen) atoms. The molecule has 0 fully saturated rings. The smallest absolute Gasteiger partial charge is 0.241 e. The maximum Gasteiger partial charge on any atom is 0.241 e. The van der Waals surface area contributed by atoms with E-state index in [2.05, 4.69) is 32.7 Å². The van der Waals surface area contributed by atoms with Crippen LogP contribution in [-0.2, 0) is 0 Å². The molecule has 3 N–H and O–H groups in total. The van der Waals surface area contributed by atoms with Crippen molar-refractivity contribution in [2.24, 2.45) is 0 Å². The van der Waals surface area contributed by atoms with Crippen LogP contribution in [0, 0.1) is 0 Å². The van der Waals surface area contributed by atoms with Gasteiger partial charge in [0.1, 0.15) is 0 Å². The van der Waals surface area contributed by atoms with Crippen molar-refractivity contribution in [1.29, 1.82) is 0 Å². The standard InChI is InChI=1S/C8H10ClN5S/c1-2-3-10-8(15)14-13-7-11-4-6(9)5-12-7/h2,4-5H,1,3H2,(H2,10,14,15)(H,11,12,13). The molecule has 5 nitrogen and oxygen atoms in total. The zero-order valence-corrected chi connectivity index (χ0v) is 9.40. The lowest BCUT2D eigenvalue weighted by Crippen LogP contribution is -2.39. The van der Waals surface area contributed by atoms with Crippen LogP contribution in [0.15, 0.2) is 25.0 Å². The summed E-state index contributed by atoms with van der Waals surface area (Å²) in [5.41, 5.74) is 5.42. The molecule has 0 amide bonds. The van der Waals surface area contributed by atoms with E-state index in [1.165, 1.54) is 12.4 Å². The fraction of sp³-hybridized carbons (Fsp3) is 0.125. The Bertz CT molecular complexity index is 339. The third-order valence-electron chi connectivity index (χ3n) is 1.32. The van der Waals surface area contributed by atoms with Crippen LogP contribution >= 0.6 is 23.8 Å². The highest BCUT2D eigenvalue weighted by molar-refractivity contribution is 7.80. The van der Waals surface area contributed by atoms with E-state index in [1.54, 1.807) is 6.08 Å². The Morgan fingerprint density at radius 2 is 2.20 bits per heavy atom. The fourth-order valence-corrected chi connectivity index (χ4v) is 0.931. The number of rotatable bonds is 4. The second-order valence-electron chi connectivity index (χ2n) is 2.47. The van der Waals surface area contributed by atoms with Gasteiger partial charge in [-0.2, -0.15) is 0 Å². The van der Waals surface area contributed by atoms with Crippen LogP contribution in [-0.4, -0.2) is 21.6 Å². The van der Waals surface area contributed by atoms with Crippen LogP contribution in [0.4, 0.5) is 5.95 Å². The van der Waals surface area contributed by atoms with Crippen LogP contribution in [0.5, 0.6) is 0 Å². The van der Waals surface area contributed by atoms with Crippen molar-refractivity contribution in [3.8, 4) is 0 Å². The van der Waals surface area contributed by atoms with Gasteiger partial charge in [-0.05, 0) is 12.2 Å². The quantitative estimate of drug-likeness (QED) is 0.418. The third-order valence-corrected chi connectivity index (χ3v) is 1.76. The molecule has 0 saturated heterocycles. The Balaban J connectivity index is 2.33. The number of nitrogens with zero attached hydrogens (tertiary/aromatic N) is 2. The van der Waals surface area contributed by atoms with E-state index in [4.69, 9.17) is 23.8 Å². The van der Waals surface area contributed by atoms with Gasteiger partial charge in [0.05, 0.1) is 17.4 Å². The summed E-state index contributed by atoms with van der Waals surface area (Å²) in [6.07, 6.45) is 4.67. The summed E-state index contributed by atoms with van der Waals surface area (Å²) in [6.45, 7) is 4.14. The summed E-state index contributed by atoms with van der Waals surface area (Å²) in [5.74, 6) is 0.391. The molecule has 0 aliphatic rings. The summed E-state index contributed by atoms with van der Waals surface area (Å²) in [6, 6.07) is 0. The van der Waals surface area contributed by atoms with Gasteiger partial charge < -0.3 is 5.32 Å². The number of nitrogens with one attached hydrogen (secondary N) is 3. The molecule has 1 aromatic rings. The maximum atomic E-state index is 5.62. The second-order valence-corrected chi connectivity index (χ2v) is 3.32. The highest BCUT2D eigenvalue weighted by atomic mass is 35.5. The zero-order valence-electron chi connectivity index (χ0n) is 7.83. The van der Waals surface area contributed by atoms with Gasteiger partial charge >= 0.3 is 0 Å². The number of anilines is 1. The average Bonchev–Trinajstić information content (AvgIpc) is 2.25. The van der Waals surface area contributed by atoms with Crippen molar-refractivity contribution in [3.63, 3.8) is 0 Å². The summed E-state index contributed by atoms with van der Waals surface area (Å²) >= 11 is 10.6. The predicted octanol–water partition coefficient (Wildman–Crippen LogP) is 1.11. The first-order valence-electron chi connectivity index (χ1n) is 4.10. The monoisotopic (exact) mass is 243 g/mol. The molecule has 0 bridgehead atoms. The minimum Gasteiger partial charge on any atom is -0.358 e. The first kappa shape index (κ1) is 11.7. The Kier molecular flexibility index (Phi) is 4.79. The molecule has 1 aromatic heterocycles. The normalized spacial score (nSPS) is 9.13. The first-order chi connectivity index (χ1) is 7.22. The van der Waals surface area contributed by atoms with Crippen LogP contribution < -0.4 is 16.2 Å². The molecule has 0 unspecified atom stereocenters. The molecule has 0 radical (unpaired) electrons. The molecular weight excluding hydrogens is 234 g/mol. The zero-order chi connectivity index (χ0) is 11.1. The van der Waals surface area contributed by atoms with Gasteiger partial charge in [0.15, 0.2) is 5.11 Å². The molecular formula is C8H10ClN5S. The maximum absolute atomic E-state index is 5.62. The summed E-state index contributed by atoms with van der Waals surface area (Å²) in [5, 5.41) is 3.79. The highest BCUT2D eigenvalue weighted by Gasteiger charge is 1.96. The van der Waals surface area contributed by atoms with E-state index in [0.717, 1.165) is 0 Å². The Morgan fingerprint density at radius 3 is 2.80 bits per heavy atom. The topological polar surface area (TPSA) is 61.9 Å². The van der Waals surface area contributed by atoms with Crippen LogP contribution in [0.3, 0.4) is 0 Å². The summed E-state index contributed by atoms with van der Waals surface area (Å²) in [7, 11) is 0. The van der Waals surface area contributed by atoms with E-state index in [-0.39, 0.29) is 0 Å². The van der Waals surface area contributed by atoms with Gasteiger partial charge in [0.2, 0.25) is 5.95 Å². The van der Waals surface area contributed by atoms with E-state index >= 15 is 0 Å². The summed E-state index contributed by atoms with van der Waals surface area (Å²) in [4.78, 5) is 7.81. The van der Waals surface area contributed by atoms with Crippen LogP contribution in [0.25, 0.3) is 0 Å².